The number of para-hydroxylation sites is 1. The zero-order valence-corrected chi connectivity index (χ0v) is 21.9. The Hall–Kier alpha value is -3.62. The minimum atomic E-state index is -0.263. The van der Waals surface area contributed by atoms with E-state index in [1.807, 2.05) is 68.4 Å². The molecule has 4 rings (SSSR count). The van der Waals surface area contributed by atoms with Crippen LogP contribution in [0.4, 0.5) is 5.69 Å². The molecule has 0 bridgehead atoms. The average molecular weight is 519 g/mol. The third-order valence-electron chi connectivity index (χ3n) is 5.65. The van der Waals surface area contributed by atoms with Gasteiger partial charge in [0.2, 0.25) is 0 Å². The number of nitrogens with zero attached hydrogens (tertiary/aromatic N) is 1. The van der Waals surface area contributed by atoms with E-state index in [0.29, 0.717) is 27.3 Å². The fourth-order valence-electron chi connectivity index (χ4n) is 3.78. The zero-order valence-electron chi connectivity index (χ0n) is 20.2. The zero-order chi connectivity index (χ0) is 25.7. The molecule has 0 radical (unpaired) electrons. The van der Waals surface area contributed by atoms with E-state index in [2.05, 4.69) is 5.32 Å². The number of thioether (sulfide) groups is 1. The number of rotatable bonds is 8. The van der Waals surface area contributed by atoms with Crippen LogP contribution in [-0.2, 0) is 16.1 Å². The molecule has 1 saturated heterocycles. The highest BCUT2D eigenvalue weighted by molar-refractivity contribution is 8.26. The molecule has 1 aliphatic rings. The molecule has 6 nitrogen and oxygen atoms in total. The highest BCUT2D eigenvalue weighted by Gasteiger charge is 2.32. The van der Waals surface area contributed by atoms with Gasteiger partial charge in [0.1, 0.15) is 4.32 Å². The summed E-state index contributed by atoms with van der Waals surface area (Å²) in [6.07, 6.45) is 1.78. The number of benzene rings is 3. The molecular weight excluding hydrogens is 492 g/mol. The van der Waals surface area contributed by atoms with Crippen molar-refractivity contribution in [2.45, 2.75) is 20.4 Å². The molecule has 3 aromatic carbocycles. The SMILES string of the molecule is COc1cc(/C=C2\SC(=S)N(Cc3ccccc3)C2=O)ccc1OCC(=O)Nc1c(C)cccc1C. The number of anilines is 1. The van der Waals surface area contributed by atoms with Crippen LogP contribution in [0.5, 0.6) is 11.5 Å². The van der Waals surface area contributed by atoms with Crippen molar-refractivity contribution >= 4 is 51.9 Å². The summed E-state index contributed by atoms with van der Waals surface area (Å²) in [5.74, 6) is 0.503. The van der Waals surface area contributed by atoms with Crippen LogP contribution in [0.2, 0.25) is 0 Å². The lowest BCUT2D eigenvalue weighted by molar-refractivity contribution is -0.122. The standard InChI is InChI=1S/C28H26N2O4S2/c1-18-8-7-9-19(2)26(18)29-25(31)17-34-22-13-12-21(14-23(22)33-3)15-24-27(32)30(28(35)36-24)16-20-10-5-4-6-11-20/h4-15H,16-17H2,1-3H3,(H,29,31)/b24-15-. The highest BCUT2D eigenvalue weighted by Crippen LogP contribution is 2.35. The van der Waals surface area contributed by atoms with Gasteiger partial charge in [-0.1, -0.05) is 78.6 Å². The lowest BCUT2D eigenvalue weighted by Crippen LogP contribution is -2.27. The van der Waals surface area contributed by atoms with Crippen molar-refractivity contribution in [1.82, 2.24) is 4.90 Å². The number of thiocarbonyl (C=S) groups is 1. The summed E-state index contributed by atoms with van der Waals surface area (Å²) < 4.78 is 11.7. The number of carbonyl (C=O) groups is 2. The Morgan fingerprint density at radius 3 is 2.44 bits per heavy atom. The summed E-state index contributed by atoms with van der Waals surface area (Å²) in [7, 11) is 1.53. The molecule has 1 heterocycles. The van der Waals surface area contributed by atoms with Gasteiger partial charge in [-0.25, -0.2) is 0 Å². The molecule has 2 amide bonds. The van der Waals surface area contributed by atoms with E-state index < -0.39 is 0 Å². The van der Waals surface area contributed by atoms with Crippen molar-refractivity contribution in [3.63, 3.8) is 0 Å². The number of hydrogen-bond donors (Lipinski definition) is 1. The highest BCUT2D eigenvalue weighted by atomic mass is 32.2. The number of nitrogens with one attached hydrogen (secondary N) is 1. The molecule has 3 aromatic rings. The molecule has 8 heteroatoms. The summed E-state index contributed by atoms with van der Waals surface area (Å²) in [5.41, 5.74) is 4.54. The van der Waals surface area contributed by atoms with Crippen LogP contribution in [0.3, 0.4) is 0 Å². The van der Waals surface area contributed by atoms with Crippen molar-refractivity contribution < 1.29 is 19.1 Å². The number of ether oxygens (including phenoxy) is 2. The number of aryl methyl sites for hydroxylation is 2. The summed E-state index contributed by atoms with van der Waals surface area (Å²) in [5, 5.41) is 2.90. The van der Waals surface area contributed by atoms with Crippen molar-refractivity contribution in [3.8, 4) is 11.5 Å². The second kappa shape index (κ2) is 11.4. The van der Waals surface area contributed by atoms with Crippen molar-refractivity contribution in [3.05, 3.63) is 93.9 Å². The lowest BCUT2D eigenvalue weighted by atomic mass is 10.1. The number of methoxy groups -OCH3 is 1. The largest absolute Gasteiger partial charge is 0.493 e. The van der Waals surface area contributed by atoms with Crippen molar-refractivity contribution in [2.24, 2.45) is 0 Å². The Kier molecular flexibility index (Phi) is 8.07. The summed E-state index contributed by atoms with van der Waals surface area (Å²) in [6.45, 7) is 4.16. The van der Waals surface area contributed by atoms with Crippen LogP contribution in [0.1, 0.15) is 22.3 Å². The topological polar surface area (TPSA) is 67.9 Å². The molecule has 36 heavy (non-hydrogen) atoms. The Labute approximate surface area is 220 Å². The maximum atomic E-state index is 13.0. The van der Waals surface area contributed by atoms with E-state index in [4.69, 9.17) is 21.7 Å². The fourth-order valence-corrected chi connectivity index (χ4v) is 5.03. The fraction of sp³-hybridized carbons (Fsp3) is 0.179. The normalized spacial score (nSPS) is 14.3. The smallest absolute Gasteiger partial charge is 0.266 e. The predicted molar refractivity (Wildman–Crippen MR) is 148 cm³/mol. The van der Waals surface area contributed by atoms with Gasteiger partial charge in [-0.3, -0.25) is 14.5 Å². The van der Waals surface area contributed by atoms with Crippen LogP contribution in [-0.4, -0.2) is 34.8 Å². The van der Waals surface area contributed by atoms with Crippen molar-refractivity contribution in [1.29, 1.82) is 0 Å². The molecule has 0 aromatic heterocycles. The molecule has 1 N–H and O–H groups in total. The van der Waals surface area contributed by atoms with Crippen LogP contribution in [0.25, 0.3) is 6.08 Å². The monoisotopic (exact) mass is 518 g/mol. The van der Waals surface area contributed by atoms with E-state index in [1.165, 1.54) is 18.9 Å². The lowest BCUT2D eigenvalue weighted by Gasteiger charge is -2.14. The van der Waals surface area contributed by atoms with E-state index in [0.717, 1.165) is 27.9 Å². The Balaban J connectivity index is 1.43. The average Bonchev–Trinajstić information content (AvgIpc) is 3.13. The second-order valence-corrected chi connectivity index (χ2v) is 9.94. The van der Waals surface area contributed by atoms with Gasteiger partial charge in [0.05, 0.1) is 18.6 Å². The number of carbonyl (C=O) groups excluding carboxylic acids is 2. The van der Waals surface area contributed by atoms with Crippen LogP contribution >= 0.6 is 24.0 Å². The van der Waals surface area contributed by atoms with Gasteiger partial charge >= 0.3 is 0 Å². The molecule has 0 spiro atoms. The predicted octanol–water partition coefficient (Wildman–Crippen LogP) is 5.73. The molecular formula is C28H26N2O4S2. The Bertz CT molecular complexity index is 1320. The first-order valence-corrected chi connectivity index (χ1v) is 12.5. The molecule has 1 aliphatic heterocycles. The van der Waals surface area contributed by atoms with Crippen LogP contribution in [0.15, 0.2) is 71.6 Å². The summed E-state index contributed by atoms with van der Waals surface area (Å²) in [4.78, 5) is 27.6. The molecule has 184 valence electrons. The quantitative estimate of drug-likeness (QED) is 0.303. The van der Waals surface area contributed by atoms with Crippen LogP contribution in [0, 0.1) is 13.8 Å². The maximum absolute atomic E-state index is 13.0. The second-order valence-electron chi connectivity index (χ2n) is 8.27. The van der Waals surface area contributed by atoms with Crippen LogP contribution < -0.4 is 14.8 Å². The van der Waals surface area contributed by atoms with E-state index in [9.17, 15) is 9.59 Å². The molecule has 0 atom stereocenters. The summed E-state index contributed by atoms with van der Waals surface area (Å²) >= 11 is 6.72. The molecule has 0 saturated carbocycles. The van der Waals surface area contributed by atoms with Gasteiger partial charge in [-0.05, 0) is 54.3 Å². The van der Waals surface area contributed by atoms with Gasteiger partial charge in [0.15, 0.2) is 18.1 Å². The van der Waals surface area contributed by atoms with E-state index >= 15 is 0 Å². The van der Waals surface area contributed by atoms with Gasteiger partial charge < -0.3 is 14.8 Å². The third-order valence-corrected chi connectivity index (χ3v) is 7.02. The first kappa shape index (κ1) is 25.5. The Morgan fingerprint density at radius 1 is 1.03 bits per heavy atom. The molecule has 0 unspecified atom stereocenters. The number of hydrogen-bond acceptors (Lipinski definition) is 6. The third kappa shape index (κ3) is 5.95. The van der Waals surface area contributed by atoms with Gasteiger partial charge in [-0.15, -0.1) is 0 Å². The van der Waals surface area contributed by atoms with Gasteiger partial charge in [0, 0.05) is 5.69 Å². The first-order valence-electron chi connectivity index (χ1n) is 11.3. The Morgan fingerprint density at radius 2 is 1.75 bits per heavy atom. The van der Waals surface area contributed by atoms with Crippen molar-refractivity contribution in [2.75, 3.05) is 19.0 Å². The maximum Gasteiger partial charge on any atom is 0.266 e. The van der Waals surface area contributed by atoms with E-state index in [-0.39, 0.29) is 18.4 Å². The van der Waals surface area contributed by atoms with E-state index in [1.54, 1.807) is 23.1 Å². The molecule has 1 fully saturated rings. The summed E-state index contributed by atoms with van der Waals surface area (Å²) in [6, 6.07) is 20.9. The minimum absolute atomic E-state index is 0.128. The van der Waals surface area contributed by atoms with Gasteiger partial charge in [-0.2, -0.15) is 0 Å². The molecule has 0 aliphatic carbocycles. The number of amides is 2. The minimum Gasteiger partial charge on any atom is -0.493 e. The first-order chi connectivity index (χ1) is 17.4. The van der Waals surface area contributed by atoms with Gasteiger partial charge in [0.25, 0.3) is 11.8 Å².